The van der Waals surface area contributed by atoms with Crippen molar-refractivity contribution in [3.05, 3.63) is 29.8 Å². The maximum absolute atomic E-state index is 10.9. The minimum atomic E-state index is -3.60. The van der Waals surface area contributed by atoms with Gasteiger partial charge in [-0.25, -0.2) is 13.2 Å². The van der Waals surface area contributed by atoms with Gasteiger partial charge in [-0.1, -0.05) is 12.1 Å². The third kappa shape index (κ3) is 4.50. The van der Waals surface area contributed by atoms with Crippen molar-refractivity contribution in [3.63, 3.8) is 0 Å². The Morgan fingerprint density at radius 1 is 1.50 bits per heavy atom. The molecule has 16 heavy (non-hydrogen) atoms. The number of nitrogens with one attached hydrogen (secondary N) is 1. The molecule has 0 fully saturated rings. The molecule has 0 radical (unpaired) electrons. The predicted octanol–water partition coefficient (Wildman–Crippen LogP) is 1.93. The predicted molar refractivity (Wildman–Crippen MR) is 60.9 cm³/mol. The van der Waals surface area contributed by atoms with E-state index in [-0.39, 0.29) is 5.75 Å². The zero-order valence-corrected chi connectivity index (χ0v) is 10.0. The lowest BCUT2D eigenvalue weighted by molar-refractivity contribution is 0.187. The summed E-state index contributed by atoms with van der Waals surface area (Å²) in [5, 5.41) is 2.42. The molecule has 5 nitrogen and oxygen atoms in total. The smallest absolute Gasteiger partial charge is 0.411 e. The van der Waals surface area contributed by atoms with Crippen LogP contribution in [-0.2, 0) is 19.5 Å². The van der Waals surface area contributed by atoms with Crippen LogP contribution < -0.4 is 5.32 Å². The highest BCUT2D eigenvalue weighted by Crippen LogP contribution is 2.15. The van der Waals surface area contributed by atoms with Crippen LogP contribution in [0.2, 0.25) is 0 Å². The van der Waals surface area contributed by atoms with E-state index in [9.17, 15) is 13.2 Å². The molecule has 0 saturated heterocycles. The highest BCUT2D eigenvalue weighted by atomic mass is 35.7. The SMILES string of the molecule is COC(=O)Nc1cccc(CS(=O)(=O)Cl)c1. The number of ether oxygens (including phenoxy) is 1. The number of methoxy groups -OCH3 is 1. The Kier molecular flexibility index (Phi) is 4.14. The molecule has 0 saturated carbocycles. The Hall–Kier alpha value is -1.27. The number of carbonyl (C=O) groups is 1. The number of anilines is 1. The molecule has 0 bridgehead atoms. The van der Waals surface area contributed by atoms with Crippen LogP contribution in [0.1, 0.15) is 5.56 Å². The van der Waals surface area contributed by atoms with E-state index >= 15 is 0 Å². The second-order valence-electron chi connectivity index (χ2n) is 3.00. The fraction of sp³-hybridized carbons (Fsp3) is 0.222. The molecule has 0 aliphatic rings. The van der Waals surface area contributed by atoms with Crippen molar-refractivity contribution in [2.24, 2.45) is 0 Å². The van der Waals surface area contributed by atoms with Gasteiger partial charge in [0.25, 0.3) is 0 Å². The van der Waals surface area contributed by atoms with Gasteiger partial charge >= 0.3 is 6.09 Å². The molecule has 0 heterocycles. The van der Waals surface area contributed by atoms with Gasteiger partial charge < -0.3 is 4.74 Å². The van der Waals surface area contributed by atoms with Crippen molar-refractivity contribution in [1.29, 1.82) is 0 Å². The van der Waals surface area contributed by atoms with Crippen LogP contribution in [0.4, 0.5) is 10.5 Å². The molecular formula is C9H10ClNO4S. The molecule has 1 amide bonds. The fourth-order valence-electron chi connectivity index (χ4n) is 1.11. The van der Waals surface area contributed by atoms with E-state index in [1.54, 1.807) is 18.2 Å². The summed E-state index contributed by atoms with van der Waals surface area (Å²) in [5.74, 6) is -0.286. The van der Waals surface area contributed by atoms with Crippen LogP contribution in [0, 0.1) is 0 Å². The average Bonchev–Trinajstić information content (AvgIpc) is 2.15. The second-order valence-corrected chi connectivity index (χ2v) is 5.78. The molecule has 1 aromatic rings. The minimum absolute atomic E-state index is 0.286. The molecule has 88 valence electrons. The van der Waals surface area contributed by atoms with Crippen molar-refractivity contribution in [2.45, 2.75) is 5.75 Å². The normalized spacial score (nSPS) is 10.9. The first-order valence-electron chi connectivity index (χ1n) is 4.27. The van der Waals surface area contributed by atoms with Crippen LogP contribution in [0.5, 0.6) is 0 Å². The van der Waals surface area contributed by atoms with Crippen molar-refractivity contribution in [3.8, 4) is 0 Å². The average molecular weight is 264 g/mol. The van der Waals surface area contributed by atoms with E-state index in [0.29, 0.717) is 11.3 Å². The van der Waals surface area contributed by atoms with Gasteiger partial charge in [-0.05, 0) is 17.7 Å². The van der Waals surface area contributed by atoms with Gasteiger partial charge in [0.1, 0.15) is 0 Å². The van der Waals surface area contributed by atoms with E-state index in [2.05, 4.69) is 10.1 Å². The number of carbonyl (C=O) groups excluding carboxylic acids is 1. The number of hydrogen-bond acceptors (Lipinski definition) is 4. The van der Waals surface area contributed by atoms with Gasteiger partial charge in [0.15, 0.2) is 0 Å². The number of benzene rings is 1. The van der Waals surface area contributed by atoms with Gasteiger partial charge in [0.05, 0.1) is 12.9 Å². The topological polar surface area (TPSA) is 72.5 Å². The molecule has 1 N–H and O–H groups in total. The minimum Gasteiger partial charge on any atom is -0.453 e. The molecule has 0 atom stereocenters. The first-order valence-corrected chi connectivity index (χ1v) is 6.75. The number of halogens is 1. The first-order chi connectivity index (χ1) is 7.40. The monoisotopic (exact) mass is 263 g/mol. The third-order valence-electron chi connectivity index (χ3n) is 1.70. The van der Waals surface area contributed by atoms with E-state index in [0.717, 1.165) is 0 Å². The Bertz CT molecular complexity index is 486. The Labute approximate surface area is 97.8 Å². The standard InChI is InChI=1S/C9H10ClNO4S/c1-15-9(12)11-8-4-2-3-7(5-8)6-16(10,13)14/h2-5H,6H2,1H3,(H,11,12). The van der Waals surface area contributed by atoms with Crippen LogP contribution >= 0.6 is 10.7 Å². The Morgan fingerprint density at radius 3 is 2.75 bits per heavy atom. The largest absolute Gasteiger partial charge is 0.453 e. The highest BCUT2D eigenvalue weighted by Gasteiger charge is 2.08. The summed E-state index contributed by atoms with van der Waals surface area (Å²) >= 11 is 0. The number of hydrogen-bond donors (Lipinski definition) is 1. The lowest BCUT2D eigenvalue weighted by Crippen LogP contribution is -2.11. The molecule has 0 spiro atoms. The maximum Gasteiger partial charge on any atom is 0.411 e. The van der Waals surface area contributed by atoms with Crippen LogP contribution in [0.15, 0.2) is 24.3 Å². The second kappa shape index (κ2) is 5.18. The summed E-state index contributed by atoms with van der Waals surface area (Å²) in [6.07, 6.45) is -0.620. The van der Waals surface area contributed by atoms with Gasteiger partial charge in [-0.15, -0.1) is 0 Å². The van der Waals surface area contributed by atoms with Crippen molar-refractivity contribution < 1.29 is 17.9 Å². The summed E-state index contributed by atoms with van der Waals surface area (Å²) in [4.78, 5) is 10.9. The lowest BCUT2D eigenvalue weighted by atomic mass is 10.2. The Morgan fingerprint density at radius 2 is 2.19 bits per heavy atom. The summed E-state index contributed by atoms with van der Waals surface area (Å²) in [6.45, 7) is 0. The van der Waals surface area contributed by atoms with Crippen molar-refractivity contribution in [1.82, 2.24) is 0 Å². The molecule has 0 aromatic heterocycles. The Balaban J connectivity index is 2.83. The van der Waals surface area contributed by atoms with Crippen LogP contribution in [0.25, 0.3) is 0 Å². The summed E-state index contributed by atoms with van der Waals surface area (Å²) < 4.78 is 26.1. The van der Waals surface area contributed by atoms with E-state index in [1.165, 1.54) is 13.2 Å². The first kappa shape index (κ1) is 12.8. The van der Waals surface area contributed by atoms with E-state index in [1.807, 2.05) is 0 Å². The molecule has 1 aromatic carbocycles. The molecule has 7 heteroatoms. The molecule has 0 unspecified atom stereocenters. The van der Waals surface area contributed by atoms with E-state index in [4.69, 9.17) is 10.7 Å². The number of rotatable bonds is 3. The summed E-state index contributed by atoms with van der Waals surface area (Å²) in [6, 6.07) is 6.34. The third-order valence-corrected chi connectivity index (χ3v) is 2.70. The van der Waals surface area contributed by atoms with Crippen LogP contribution in [0.3, 0.4) is 0 Å². The zero-order valence-electron chi connectivity index (χ0n) is 8.44. The molecule has 0 aliphatic carbocycles. The van der Waals surface area contributed by atoms with Gasteiger partial charge in [0, 0.05) is 16.4 Å². The number of amides is 1. The molecule has 1 rings (SSSR count). The van der Waals surface area contributed by atoms with Crippen molar-refractivity contribution in [2.75, 3.05) is 12.4 Å². The highest BCUT2D eigenvalue weighted by molar-refractivity contribution is 8.13. The summed E-state index contributed by atoms with van der Waals surface area (Å²) in [5.41, 5.74) is 0.938. The molecular weight excluding hydrogens is 254 g/mol. The van der Waals surface area contributed by atoms with Gasteiger partial charge in [-0.3, -0.25) is 5.32 Å². The lowest BCUT2D eigenvalue weighted by Gasteiger charge is -2.05. The van der Waals surface area contributed by atoms with Crippen molar-refractivity contribution >= 4 is 31.5 Å². The zero-order chi connectivity index (χ0) is 12.2. The summed E-state index contributed by atoms with van der Waals surface area (Å²) in [7, 11) is 2.75. The maximum atomic E-state index is 10.9. The fourth-order valence-corrected chi connectivity index (χ4v) is 2.06. The van der Waals surface area contributed by atoms with Crippen LogP contribution in [-0.4, -0.2) is 21.6 Å². The van der Waals surface area contributed by atoms with Gasteiger partial charge in [0.2, 0.25) is 9.05 Å². The quantitative estimate of drug-likeness (QED) is 0.846. The molecule has 0 aliphatic heterocycles. The van der Waals surface area contributed by atoms with Gasteiger partial charge in [-0.2, -0.15) is 0 Å². The van der Waals surface area contributed by atoms with E-state index < -0.39 is 15.1 Å².